The number of hydrogen-bond acceptors (Lipinski definition) is 5. The number of carbonyl (C=O) groups is 1. The van der Waals surface area contributed by atoms with Gasteiger partial charge in [-0.3, -0.25) is 9.78 Å². The summed E-state index contributed by atoms with van der Waals surface area (Å²) < 4.78 is 26.7. The molecule has 1 saturated heterocycles. The van der Waals surface area contributed by atoms with Crippen LogP contribution in [-0.2, 0) is 21.2 Å². The normalized spacial score (nSPS) is 14.5. The summed E-state index contributed by atoms with van der Waals surface area (Å²) in [7, 11) is -3.40. The van der Waals surface area contributed by atoms with E-state index in [1.54, 1.807) is 30.5 Å². The van der Waals surface area contributed by atoms with E-state index in [9.17, 15) is 13.2 Å². The Morgan fingerprint density at radius 3 is 2.55 bits per heavy atom. The molecule has 1 aliphatic heterocycles. The number of anilines is 1. The second-order valence-corrected chi connectivity index (χ2v) is 10.4. The van der Waals surface area contributed by atoms with Gasteiger partial charge in [0.05, 0.1) is 10.4 Å². The Bertz CT molecular complexity index is 1230. The molecule has 7 nitrogen and oxygen atoms in total. The molecule has 0 radical (unpaired) electrons. The second-order valence-electron chi connectivity index (χ2n) is 8.05. The number of amides is 1. The van der Waals surface area contributed by atoms with Crippen molar-refractivity contribution in [3.8, 4) is 0 Å². The molecule has 0 atom stereocenters. The molecule has 2 aromatic carbocycles. The highest BCUT2D eigenvalue weighted by Gasteiger charge is 2.26. The van der Waals surface area contributed by atoms with Crippen molar-refractivity contribution >= 4 is 44.1 Å². The van der Waals surface area contributed by atoms with Crippen molar-refractivity contribution in [2.75, 3.05) is 31.5 Å². The molecule has 33 heavy (non-hydrogen) atoms. The fourth-order valence-electron chi connectivity index (χ4n) is 3.93. The molecule has 4 rings (SSSR count). The SMILES string of the molecule is O=C(CCc1ccc(S(=O)(=O)N2CCCC2)cc1)NCCNc1ccnc2cc(Cl)ccc12. The molecule has 2 heterocycles. The molecule has 0 aliphatic carbocycles. The summed E-state index contributed by atoms with van der Waals surface area (Å²) in [6, 6.07) is 14.3. The first-order valence-corrected chi connectivity index (χ1v) is 12.9. The molecule has 0 spiro atoms. The summed E-state index contributed by atoms with van der Waals surface area (Å²) in [4.78, 5) is 16.8. The number of sulfonamides is 1. The zero-order valence-corrected chi connectivity index (χ0v) is 19.8. The van der Waals surface area contributed by atoms with Gasteiger partial charge in [0.1, 0.15) is 0 Å². The number of hydrogen-bond donors (Lipinski definition) is 2. The van der Waals surface area contributed by atoms with Crippen LogP contribution in [0.15, 0.2) is 59.6 Å². The topological polar surface area (TPSA) is 91.4 Å². The molecule has 0 saturated carbocycles. The van der Waals surface area contributed by atoms with Gasteiger partial charge in [-0.05, 0) is 61.2 Å². The lowest BCUT2D eigenvalue weighted by Gasteiger charge is -2.15. The summed E-state index contributed by atoms with van der Waals surface area (Å²) in [5.74, 6) is -0.0445. The predicted octanol–water partition coefficient (Wildman–Crippen LogP) is 3.83. The van der Waals surface area contributed by atoms with E-state index >= 15 is 0 Å². The maximum atomic E-state index is 12.6. The van der Waals surface area contributed by atoms with Crippen molar-refractivity contribution in [2.45, 2.75) is 30.6 Å². The highest BCUT2D eigenvalue weighted by atomic mass is 35.5. The molecule has 1 amide bonds. The van der Waals surface area contributed by atoms with E-state index in [4.69, 9.17) is 11.6 Å². The van der Waals surface area contributed by atoms with Crippen molar-refractivity contribution < 1.29 is 13.2 Å². The van der Waals surface area contributed by atoms with Gasteiger partial charge in [-0.15, -0.1) is 0 Å². The van der Waals surface area contributed by atoms with Crippen LogP contribution in [0.2, 0.25) is 5.02 Å². The Labute approximate surface area is 199 Å². The number of rotatable bonds is 9. The molecule has 1 fully saturated rings. The summed E-state index contributed by atoms with van der Waals surface area (Å²) in [5, 5.41) is 7.85. The number of carbonyl (C=O) groups excluding carboxylic acids is 1. The summed E-state index contributed by atoms with van der Waals surface area (Å²) in [6.07, 6.45) is 4.45. The number of fused-ring (bicyclic) bond motifs is 1. The summed E-state index contributed by atoms with van der Waals surface area (Å²) in [5.41, 5.74) is 2.69. The number of nitrogens with one attached hydrogen (secondary N) is 2. The zero-order chi connectivity index (χ0) is 23.3. The lowest BCUT2D eigenvalue weighted by atomic mass is 10.1. The Morgan fingerprint density at radius 1 is 1.03 bits per heavy atom. The third-order valence-electron chi connectivity index (χ3n) is 5.73. The van der Waals surface area contributed by atoms with Crippen LogP contribution in [0.4, 0.5) is 5.69 Å². The van der Waals surface area contributed by atoms with E-state index in [-0.39, 0.29) is 5.91 Å². The van der Waals surface area contributed by atoms with Gasteiger partial charge in [-0.1, -0.05) is 23.7 Å². The fraction of sp³-hybridized carbons (Fsp3) is 0.333. The van der Waals surface area contributed by atoms with Crippen LogP contribution in [0.1, 0.15) is 24.8 Å². The quantitative estimate of drug-likeness (QED) is 0.448. The van der Waals surface area contributed by atoms with Crippen molar-refractivity contribution in [2.24, 2.45) is 0 Å². The van der Waals surface area contributed by atoms with Gasteiger partial charge in [0.15, 0.2) is 0 Å². The second kappa shape index (κ2) is 10.5. The van der Waals surface area contributed by atoms with E-state index in [0.717, 1.165) is 35.0 Å². The third-order valence-corrected chi connectivity index (χ3v) is 7.88. The van der Waals surface area contributed by atoms with Gasteiger partial charge in [0, 0.05) is 54.9 Å². The molecular formula is C24H27ClN4O3S. The molecular weight excluding hydrogens is 460 g/mol. The number of pyridine rings is 1. The van der Waals surface area contributed by atoms with E-state index in [0.29, 0.717) is 48.9 Å². The molecule has 2 N–H and O–H groups in total. The van der Waals surface area contributed by atoms with Gasteiger partial charge >= 0.3 is 0 Å². The van der Waals surface area contributed by atoms with Crippen molar-refractivity contribution in [1.29, 1.82) is 0 Å². The summed E-state index contributed by atoms with van der Waals surface area (Å²) >= 11 is 6.02. The number of halogens is 1. The van der Waals surface area contributed by atoms with Crippen LogP contribution >= 0.6 is 11.6 Å². The Hall–Kier alpha value is -2.68. The van der Waals surface area contributed by atoms with Crippen LogP contribution in [0.3, 0.4) is 0 Å². The van der Waals surface area contributed by atoms with Crippen LogP contribution < -0.4 is 10.6 Å². The number of nitrogens with zero attached hydrogens (tertiary/aromatic N) is 2. The number of aryl methyl sites for hydroxylation is 1. The average molecular weight is 487 g/mol. The minimum absolute atomic E-state index is 0.0445. The highest BCUT2D eigenvalue weighted by molar-refractivity contribution is 7.89. The molecule has 174 valence electrons. The predicted molar refractivity (Wildman–Crippen MR) is 131 cm³/mol. The average Bonchev–Trinajstić information content (AvgIpc) is 3.37. The first-order chi connectivity index (χ1) is 15.9. The molecule has 0 unspecified atom stereocenters. The molecule has 9 heteroatoms. The largest absolute Gasteiger partial charge is 0.383 e. The Morgan fingerprint density at radius 2 is 1.79 bits per heavy atom. The minimum Gasteiger partial charge on any atom is -0.383 e. The smallest absolute Gasteiger partial charge is 0.243 e. The van der Waals surface area contributed by atoms with Crippen LogP contribution in [0, 0.1) is 0 Å². The van der Waals surface area contributed by atoms with Crippen LogP contribution in [0.25, 0.3) is 10.9 Å². The Kier molecular flexibility index (Phi) is 7.47. The van der Waals surface area contributed by atoms with E-state index in [2.05, 4.69) is 15.6 Å². The molecule has 1 aliphatic rings. The first-order valence-electron chi connectivity index (χ1n) is 11.1. The maximum Gasteiger partial charge on any atom is 0.243 e. The zero-order valence-electron chi connectivity index (χ0n) is 18.3. The lowest BCUT2D eigenvalue weighted by Crippen LogP contribution is -2.29. The van der Waals surface area contributed by atoms with Crippen molar-refractivity contribution in [3.05, 3.63) is 65.3 Å². The minimum atomic E-state index is -3.40. The highest BCUT2D eigenvalue weighted by Crippen LogP contribution is 2.24. The molecule has 3 aromatic rings. The number of benzene rings is 2. The van der Waals surface area contributed by atoms with Gasteiger partial charge in [0.2, 0.25) is 15.9 Å². The standard InChI is InChI=1S/C24H27ClN4O3S/c25-19-6-9-21-22(11-12-26-23(21)17-19)27-13-14-28-24(30)10-5-18-3-7-20(8-4-18)33(31,32)29-15-1-2-16-29/h3-4,6-9,11-12,17H,1-2,5,10,13-16H2,(H,26,27)(H,28,30). The molecule has 1 aromatic heterocycles. The first kappa shape index (κ1) is 23.5. The van der Waals surface area contributed by atoms with Gasteiger partial charge in [-0.2, -0.15) is 4.31 Å². The Balaban J connectivity index is 1.22. The summed E-state index contributed by atoms with van der Waals surface area (Å²) in [6.45, 7) is 2.25. The van der Waals surface area contributed by atoms with Gasteiger partial charge < -0.3 is 10.6 Å². The van der Waals surface area contributed by atoms with Crippen molar-refractivity contribution in [1.82, 2.24) is 14.6 Å². The van der Waals surface area contributed by atoms with Gasteiger partial charge in [-0.25, -0.2) is 8.42 Å². The maximum absolute atomic E-state index is 12.6. The number of aromatic nitrogens is 1. The van der Waals surface area contributed by atoms with E-state index < -0.39 is 10.0 Å². The molecule has 0 bridgehead atoms. The van der Waals surface area contributed by atoms with Gasteiger partial charge in [0.25, 0.3) is 0 Å². The monoisotopic (exact) mass is 486 g/mol. The van der Waals surface area contributed by atoms with E-state index in [1.807, 2.05) is 24.3 Å². The third kappa shape index (κ3) is 5.82. The van der Waals surface area contributed by atoms with Crippen molar-refractivity contribution in [3.63, 3.8) is 0 Å². The van der Waals surface area contributed by atoms with Crippen LogP contribution in [0.5, 0.6) is 0 Å². The van der Waals surface area contributed by atoms with E-state index in [1.165, 1.54) is 4.31 Å². The fourth-order valence-corrected chi connectivity index (χ4v) is 5.61. The lowest BCUT2D eigenvalue weighted by molar-refractivity contribution is -0.120. The van der Waals surface area contributed by atoms with Crippen LogP contribution in [-0.4, -0.2) is 49.8 Å².